The van der Waals surface area contributed by atoms with E-state index in [-0.39, 0.29) is 0 Å². The second kappa shape index (κ2) is 7.18. The molecule has 0 radical (unpaired) electrons. The molecule has 148 valence electrons. The molecule has 3 heterocycles. The maximum atomic E-state index is 4.76. The zero-order valence-electron chi connectivity index (χ0n) is 17.0. The molecule has 0 bridgehead atoms. The average molecular weight is 418 g/mol. The topological polar surface area (TPSA) is 30.7 Å². The molecule has 0 spiro atoms. The van der Waals surface area contributed by atoms with Crippen LogP contribution in [-0.2, 0) is 0 Å². The number of para-hydroxylation sites is 1. The molecular formula is C27H19N3S. The molecule has 4 heteroatoms. The van der Waals surface area contributed by atoms with Gasteiger partial charge in [0.1, 0.15) is 5.82 Å². The third-order valence-corrected chi connectivity index (χ3v) is 6.85. The number of hydrogen-bond donors (Lipinski definition) is 0. The zero-order valence-corrected chi connectivity index (χ0v) is 17.8. The normalized spacial score (nSPS) is 11.4. The molecule has 0 aliphatic heterocycles. The van der Waals surface area contributed by atoms with E-state index in [1.807, 2.05) is 42.1 Å². The molecule has 0 saturated carbocycles. The Bertz CT molecular complexity index is 1540. The SMILES string of the molecule is Cc1cccc(-c2ccccn2)c1-n1ccnc1-c1ccc2sc3ccccc3c2c1. The minimum absolute atomic E-state index is 0.934. The summed E-state index contributed by atoms with van der Waals surface area (Å²) in [6.45, 7) is 2.14. The Morgan fingerprint density at radius 2 is 1.61 bits per heavy atom. The lowest BCUT2D eigenvalue weighted by Crippen LogP contribution is -2.02. The van der Waals surface area contributed by atoms with E-state index in [1.54, 1.807) is 0 Å². The van der Waals surface area contributed by atoms with Crippen LogP contribution in [0.4, 0.5) is 0 Å². The van der Waals surface area contributed by atoms with Gasteiger partial charge in [0.25, 0.3) is 0 Å². The first-order chi connectivity index (χ1) is 15.3. The van der Waals surface area contributed by atoms with Crippen LogP contribution in [0.3, 0.4) is 0 Å². The standard InChI is InChI=1S/C27H19N3S/c1-18-7-6-9-21(23-10-4-5-14-28-23)26(18)30-16-15-29-27(30)19-12-13-25-22(17-19)20-8-2-3-11-24(20)31-25/h2-17H,1H3. The van der Waals surface area contributed by atoms with Crippen LogP contribution in [0.5, 0.6) is 0 Å². The van der Waals surface area contributed by atoms with Crippen LogP contribution in [0.1, 0.15) is 5.56 Å². The first kappa shape index (κ1) is 18.0. The minimum atomic E-state index is 0.934. The van der Waals surface area contributed by atoms with Gasteiger partial charge in [-0.3, -0.25) is 9.55 Å². The number of hydrogen-bond acceptors (Lipinski definition) is 3. The lowest BCUT2D eigenvalue weighted by Gasteiger charge is -2.16. The van der Waals surface area contributed by atoms with Gasteiger partial charge in [0.2, 0.25) is 0 Å². The highest BCUT2D eigenvalue weighted by atomic mass is 32.1. The first-order valence-corrected chi connectivity index (χ1v) is 11.1. The van der Waals surface area contributed by atoms with Crippen molar-refractivity contribution in [3.8, 4) is 28.3 Å². The van der Waals surface area contributed by atoms with E-state index in [1.165, 1.54) is 25.7 Å². The molecule has 0 fully saturated rings. The van der Waals surface area contributed by atoms with Crippen LogP contribution >= 0.6 is 11.3 Å². The molecule has 0 N–H and O–H groups in total. The Morgan fingerprint density at radius 1 is 0.742 bits per heavy atom. The average Bonchev–Trinajstić information content (AvgIpc) is 3.44. The van der Waals surface area contributed by atoms with Gasteiger partial charge < -0.3 is 0 Å². The number of benzene rings is 3. The molecule has 3 aromatic heterocycles. The molecule has 0 aliphatic rings. The third-order valence-electron chi connectivity index (χ3n) is 5.70. The van der Waals surface area contributed by atoms with Gasteiger partial charge in [0.15, 0.2) is 0 Å². The summed E-state index contributed by atoms with van der Waals surface area (Å²) < 4.78 is 4.80. The maximum absolute atomic E-state index is 4.76. The number of rotatable bonds is 3. The number of pyridine rings is 1. The summed E-state index contributed by atoms with van der Waals surface area (Å²) in [4.78, 5) is 9.35. The summed E-state index contributed by atoms with van der Waals surface area (Å²) in [6.07, 6.45) is 5.76. The first-order valence-electron chi connectivity index (χ1n) is 10.3. The van der Waals surface area contributed by atoms with Crippen molar-refractivity contribution in [2.45, 2.75) is 6.92 Å². The predicted molar refractivity (Wildman–Crippen MR) is 130 cm³/mol. The Balaban J connectivity index is 1.57. The van der Waals surface area contributed by atoms with Crippen LogP contribution < -0.4 is 0 Å². The largest absolute Gasteiger partial charge is 0.299 e. The van der Waals surface area contributed by atoms with Crippen LogP contribution in [-0.4, -0.2) is 14.5 Å². The summed E-state index contributed by atoms with van der Waals surface area (Å²) in [5.74, 6) is 0.934. The van der Waals surface area contributed by atoms with Crippen LogP contribution in [0.15, 0.2) is 97.5 Å². The van der Waals surface area contributed by atoms with Gasteiger partial charge in [-0.15, -0.1) is 11.3 Å². The molecule has 6 aromatic rings. The number of nitrogens with zero attached hydrogens (tertiary/aromatic N) is 3. The molecule has 3 nitrogen and oxygen atoms in total. The van der Waals surface area contributed by atoms with Crippen molar-refractivity contribution in [3.05, 3.63) is 103 Å². The number of fused-ring (bicyclic) bond motifs is 3. The summed E-state index contributed by atoms with van der Waals surface area (Å²) >= 11 is 1.83. The molecule has 31 heavy (non-hydrogen) atoms. The van der Waals surface area contributed by atoms with E-state index < -0.39 is 0 Å². The van der Waals surface area contributed by atoms with E-state index in [4.69, 9.17) is 4.98 Å². The van der Waals surface area contributed by atoms with E-state index >= 15 is 0 Å². The van der Waals surface area contributed by atoms with E-state index in [2.05, 4.69) is 83.2 Å². The molecule has 0 aliphatic carbocycles. The van der Waals surface area contributed by atoms with Crippen LogP contribution in [0.2, 0.25) is 0 Å². The lowest BCUT2D eigenvalue weighted by molar-refractivity contribution is 1.05. The van der Waals surface area contributed by atoms with Crippen molar-refractivity contribution >= 4 is 31.5 Å². The molecule has 0 amide bonds. The van der Waals surface area contributed by atoms with Crippen molar-refractivity contribution in [2.24, 2.45) is 0 Å². The highest BCUT2D eigenvalue weighted by molar-refractivity contribution is 7.25. The lowest BCUT2D eigenvalue weighted by atomic mass is 10.0. The van der Waals surface area contributed by atoms with E-state index in [9.17, 15) is 0 Å². The summed E-state index contributed by atoms with van der Waals surface area (Å²) in [7, 11) is 0. The molecule has 0 saturated heterocycles. The van der Waals surface area contributed by atoms with Gasteiger partial charge in [-0.05, 0) is 48.9 Å². The van der Waals surface area contributed by atoms with Gasteiger partial charge in [0.05, 0.1) is 11.4 Å². The Hall–Kier alpha value is -3.76. The second-order valence-corrected chi connectivity index (χ2v) is 8.70. The van der Waals surface area contributed by atoms with Crippen LogP contribution in [0.25, 0.3) is 48.5 Å². The fourth-order valence-electron chi connectivity index (χ4n) is 4.27. The maximum Gasteiger partial charge on any atom is 0.144 e. The van der Waals surface area contributed by atoms with E-state index in [0.717, 1.165) is 28.3 Å². The highest BCUT2D eigenvalue weighted by Crippen LogP contribution is 2.37. The number of imidazole rings is 1. The molecule has 0 atom stereocenters. The minimum Gasteiger partial charge on any atom is -0.299 e. The van der Waals surface area contributed by atoms with Gasteiger partial charge in [0, 0.05) is 49.9 Å². The van der Waals surface area contributed by atoms with Gasteiger partial charge in [-0.1, -0.05) is 42.5 Å². The number of thiophene rings is 1. The van der Waals surface area contributed by atoms with Crippen molar-refractivity contribution in [3.63, 3.8) is 0 Å². The highest BCUT2D eigenvalue weighted by Gasteiger charge is 2.16. The molecule has 6 rings (SSSR count). The van der Waals surface area contributed by atoms with Gasteiger partial charge in [-0.2, -0.15) is 0 Å². The smallest absolute Gasteiger partial charge is 0.144 e. The third kappa shape index (κ3) is 2.95. The number of aryl methyl sites for hydroxylation is 1. The van der Waals surface area contributed by atoms with Crippen molar-refractivity contribution in [1.29, 1.82) is 0 Å². The van der Waals surface area contributed by atoms with Crippen molar-refractivity contribution in [2.75, 3.05) is 0 Å². The Labute approximate surface area is 184 Å². The fourth-order valence-corrected chi connectivity index (χ4v) is 5.36. The summed E-state index contributed by atoms with van der Waals surface area (Å²) in [6, 6.07) is 27.6. The molecule has 3 aromatic carbocycles. The van der Waals surface area contributed by atoms with Crippen LogP contribution in [0, 0.1) is 6.92 Å². The second-order valence-electron chi connectivity index (χ2n) is 7.62. The van der Waals surface area contributed by atoms with Crippen molar-refractivity contribution in [1.82, 2.24) is 14.5 Å². The fraction of sp³-hybridized carbons (Fsp3) is 0.0370. The molecule has 0 unspecified atom stereocenters. The Morgan fingerprint density at radius 3 is 2.52 bits per heavy atom. The Kier molecular flexibility index (Phi) is 4.18. The van der Waals surface area contributed by atoms with E-state index in [0.29, 0.717) is 0 Å². The summed E-state index contributed by atoms with van der Waals surface area (Å²) in [5, 5.41) is 2.58. The zero-order chi connectivity index (χ0) is 20.8. The quantitative estimate of drug-likeness (QED) is 0.303. The monoisotopic (exact) mass is 417 g/mol. The van der Waals surface area contributed by atoms with Gasteiger partial charge in [-0.25, -0.2) is 4.98 Å². The van der Waals surface area contributed by atoms with Gasteiger partial charge >= 0.3 is 0 Å². The number of aromatic nitrogens is 3. The molecular weight excluding hydrogens is 398 g/mol. The predicted octanol–water partition coefficient (Wildman–Crippen LogP) is 7.28. The van der Waals surface area contributed by atoms with Crippen molar-refractivity contribution < 1.29 is 0 Å². The summed E-state index contributed by atoms with van der Waals surface area (Å²) in [5.41, 5.74) is 5.46.